The molecule has 0 aromatic heterocycles. The van der Waals surface area contributed by atoms with Crippen molar-refractivity contribution in [3.63, 3.8) is 0 Å². The van der Waals surface area contributed by atoms with Crippen LogP contribution < -0.4 is 9.47 Å². The normalized spacial score (nSPS) is 11.3. The first-order valence-corrected chi connectivity index (χ1v) is 10.2. The summed E-state index contributed by atoms with van der Waals surface area (Å²) in [5.41, 5.74) is 2.01. The summed E-state index contributed by atoms with van der Waals surface area (Å²) in [7, 11) is 0. The quantitative estimate of drug-likeness (QED) is 0.379. The average Bonchev–Trinajstić information content (AvgIpc) is 2.70. The van der Waals surface area contributed by atoms with E-state index in [4.69, 9.17) is 25.8 Å². The minimum absolute atomic E-state index is 0.174. The summed E-state index contributed by atoms with van der Waals surface area (Å²) in [6.07, 6.45) is 0. The fourth-order valence-electron chi connectivity index (χ4n) is 3.03. The Bertz CT molecular complexity index is 922. The van der Waals surface area contributed by atoms with Crippen LogP contribution in [0.5, 0.6) is 17.2 Å². The van der Waals surface area contributed by atoms with Crippen molar-refractivity contribution in [3.8, 4) is 17.2 Å². The highest BCUT2D eigenvalue weighted by Crippen LogP contribution is 2.32. The fourth-order valence-corrected chi connectivity index (χ4v) is 3.26. The molecule has 0 aliphatic carbocycles. The minimum Gasteiger partial charge on any atom is -0.492 e. The summed E-state index contributed by atoms with van der Waals surface area (Å²) in [4.78, 5) is 0. The van der Waals surface area contributed by atoms with Crippen LogP contribution in [0.1, 0.15) is 31.9 Å². The Hall–Kier alpha value is -2.49. The lowest BCUT2D eigenvalue weighted by molar-refractivity contribution is 0.0824. The van der Waals surface area contributed by atoms with Crippen LogP contribution in [-0.2, 0) is 16.8 Å². The molecule has 0 radical (unpaired) electrons. The van der Waals surface area contributed by atoms with Gasteiger partial charge in [0.2, 0.25) is 0 Å². The third kappa shape index (κ3) is 5.99. The predicted molar refractivity (Wildman–Crippen MR) is 118 cm³/mol. The zero-order valence-corrected chi connectivity index (χ0v) is 17.9. The predicted octanol–water partition coefficient (Wildman–Crippen LogP) is 7.03. The van der Waals surface area contributed by atoms with Crippen molar-refractivity contribution in [2.45, 2.75) is 32.8 Å². The molecule has 152 valence electrons. The van der Waals surface area contributed by atoms with E-state index in [0.29, 0.717) is 30.6 Å². The summed E-state index contributed by atoms with van der Waals surface area (Å²) >= 11 is 6.35. The van der Waals surface area contributed by atoms with E-state index >= 15 is 0 Å². The van der Waals surface area contributed by atoms with Crippen LogP contribution in [0.2, 0.25) is 5.02 Å². The van der Waals surface area contributed by atoms with Crippen molar-refractivity contribution in [3.05, 3.63) is 88.9 Å². The van der Waals surface area contributed by atoms with E-state index in [1.807, 2.05) is 73.7 Å². The average molecular weight is 411 g/mol. The highest BCUT2D eigenvalue weighted by Gasteiger charge is 2.22. The molecule has 0 aliphatic heterocycles. The Morgan fingerprint density at radius 2 is 1.62 bits per heavy atom. The number of ether oxygens (including phenoxy) is 3. The smallest absolute Gasteiger partial charge is 0.137 e. The van der Waals surface area contributed by atoms with E-state index in [9.17, 15) is 0 Å². The van der Waals surface area contributed by atoms with E-state index in [0.717, 1.165) is 22.6 Å². The maximum Gasteiger partial charge on any atom is 0.137 e. The number of hydrogen-bond acceptors (Lipinski definition) is 3. The molecule has 0 amide bonds. The van der Waals surface area contributed by atoms with Gasteiger partial charge in [0.1, 0.15) is 17.2 Å². The largest absolute Gasteiger partial charge is 0.492 e. The highest BCUT2D eigenvalue weighted by atomic mass is 35.5. The van der Waals surface area contributed by atoms with Gasteiger partial charge in [-0.3, -0.25) is 0 Å². The highest BCUT2D eigenvalue weighted by molar-refractivity contribution is 6.32. The van der Waals surface area contributed by atoms with Gasteiger partial charge in [-0.05, 0) is 54.4 Å². The van der Waals surface area contributed by atoms with E-state index < -0.39 is 0 Å². The maximum absolute atomic E-state index is 6.35. The van der Waals surface area contributed by atoms with E-state index in [1.165, 1.54) is 0 Å². The maximum atomic E-state index is 6.35. The summed E-state index contributed by atoms with van der Waals surface area (Å²) in [6.45, 7) is 7.92. The van der Waals surface area contributed by atoms with Crippen LogP contribution in [0.25, 0.3) is 0 Å². The first-order valence-electron chi connectivity index (χ1n) is 9.80. The van der Waals surface area contributed by atoms with Gasteiger partial charge in [0, 0.05) is 5.41 Å². The fraction of sp³-hybridized carbons (Fsp3) is 0.280. The molecule has 3 aromatic rings. The van der Waals surface area contributed by atoms with Crippen molar-refractivity contribution in [1.29, 1.82) is 0 Å². The molecule has 0 N–H and O–H groups in total. The molecule has 3 aromatic carbocycles. The van der Waals surface area contributed by atoms with E-state index in [1.54, 1.807) is 0 Å². The Morgan fingerprint density at radius 1 is 0.862 bits per heavy atom. The molecule has 0 bridgehead atoms. The van der Waals surface area contributed by atoms with Gasteiger partial charge in [-0.15, -0.1) is 0 Å². The number of rotatable bonds is 9. The lowest BCUT2D eigenvalue weighted by Crippen LogP contribution is -2.24. The van der Waals surface area contributed by atoms with Gasteiger partial charge in [-0.2, -0.15) is 0 Å². The van der Waals surface area contributed by atoms with Crippen molar-refractivity contribution in [1.82, 2.24) is 0 Å². The molecule has 0 fully saturated rings. The minimum atomic E-state index is -0.174. The van der Waals surface area contributed by atoms with Crippen LogP contribution in [0.15, 0.2) is 72.8 Å². The van der Waals surface area contributed by atoms with Crippen molar-refractivity contribution in [2.75, 3.05) is 13.2 Å². The number of benzene rings is 3. The molecule has 0 saturated heterocycles. The molecule has 0 saturated carbocycles. The molecule has 0 atom stereocenters. The molecule has 0 spiro atoms. The van der Waals surface area contributed by atoms with Crippen molar-refractivity contribution >= 4 is 11.6 Å². The lowest BCUT2D eigenvalue weighted by atomic mass is 9.85. The summed E-state index contributed by atoms with van der Waals surface area (Å²) in [5, 5.41) is 0.628. The standard InChI is InChI=1S/C25H27ClO3/c1-4-28-24-14-13-20(16-23(24)26)25(2,3)18-27-17-19-9-8-12-22(15-19)29-21-10-6-5-7-11-21/h5-16H,4,17-18H2,1-3H3. The summed E-state index contributed by atoms with van der Waals surface area (Å²) in [5.74, 6) is 2.33. The molecule has 0 heterocycles. The third-order valence-corrected chi connectivity index (χ3v) is 4.92. The molecule has 4 heteroatoms. The van der Waals surface area contributed by atoms with Crippen LogP contribution in [0.3, 0.4) is 0 Å². The molecule has 3 rings (SSSR count). The summed E-state index contributed by atoms with van der Waals surface area (Å²) < 4.78 is 17.5. The van der Waals surface area contributed by atoms with Gasteiger partial charge < -0.3 is 14.2 Å². The Labute approximate surface area is 178 Å². The van der Waals surface area contributed by atoms with Gasteiger partial charge in [0.05, 0.1) is 24.8 Å². The second kappa shape index (κ2) is 9.82. The van der Waals surface area contributed by atoms with Gasteiger partial charge in [-0.1, -0.05) is 61.8 Å². The zero-order chi connectivity index (χ0) is 20.7. The van der Waals surface area contributed by atoms with Gasteiger partial charge in [0.25, 0.3) is 0 Å². The third-order valence-electron chi connectivity index (χ3n) is 4.62. The van der Waals surface area contributed by atoms with E-state index in [2.05, 4.69) is 19.9 Å². The first kappa shape index (κ1) is 21.2. The van der Waals surface area contributed by atoms with Crippen LogP contribution in [-0.4, -0.2) is 13.2 Å². The molecular weight excluding hydrogens is 384 g/mol. The van der Waals surface area contributed by atoms with Crippen LogP contribution in [0.4, 0.5) is 0 Å². The second-order valence-electron chi connectivity index (χ2n) is 7.52. The number of para-hydroxylation sites is 1. The topological polar surface area (TPSA) is 27.7 Å². The lowest BCUT2D eigenvalue weighted by Gasteiger charge is -2.26. The molecule has 0 aliphatic rings. The Morgan fingerprint density at radius 3 is 2.34 bits per heavy atom. The number of halogens is 1. The molecule has 0 unspecified atom stereocenters. The molecule has 29 heavy (non-hydrogen) atoms. The monoisotopic (exact) mass is 410 g/mol. The van der Waals surface area contributed by atoms with Gasteiger partial charge in [0.15, 0.2) is 0 Å². The van der Waals surface area contributed by atoms with Crippen molar-refractivity contribution < 1.29 is 14.2 Å². The molecular formula is C25H27ClO3. The number of hydrogen-bond donors (Lipinski definition) is 0. The Balaban J connectivity index is 1.59. The Kier molecular flexibility index (Phi) is 7.18. The SMILES string of the molecule is CCOc1ccc(C(C)(C)COCc2cccc(Oc3ccccc3)c2)cc1Cl. The van der Waals surface area contributed by atoms with Crippen LogP contribution in [0, 0.1) is 0 Å². The summed E-state index contributed by atoms with van der Waals surface area (Å²) in [6, 6.07) is 23.7. The van der Waals surface area contributed by atoms with E-state index in [-0.39, 0.29) is 5.41 Å². The first-order chi connectivity index (χ1) is 14.0. The zero-order valence-electron chi connectivity index (χ0n) is 17.2. The van der Waals surface area contributed by atoms with Gasteiger partial charge in [-0.25, -0.2) is 0 Å². The molecule has 3 nitrogen and oxygen atoms in total. The van der Waals surface area contributed by atoms with Crippen LogP contribution >= 0.6 is 11.6 Å². The van der Waals surface area contributed by atoms with Gasteiger partial charge >= 0.3 is 0 Å². The second-order valence-corrected chi connectivity index (χ2v) is 7.92. The van der Waals surface area contributed by atoms with Crippen molar-refractivity contribution in [2.24, 2.45) is 0 Å².